The smallest absolute Gasteiger partial charge is 0.0459 e. The molecular weight excluding hydrogens is 232 g/mol. The average molecular weight is 253 g/mol. The Balaban J connectivity index is 2.10. The van der Waals surface area contributed by atoms with Gasteiger partial charge in [-0.3, -0.25) is 0 Å². The monoisotopic (exact) mass is 252 g/mol. The summed E-state index contributed by atoms with van der Waals surface area (Å²) in [6.45, 7) is 5.06. The molecule has 94 valence electrons. The van der Waals surface area contributed by atoms with Crippen molar-refractivity contribution in [3.05, 3.63) is 28.8 Å². The standard InChI is InChI=1S/C14H21ClN2/c1-2-17(10-11-3-4-11)13-6-5-12(7-8-16)14(15)9-13/h5-6,9,11H,2-4,7-8,10,16H2,1H3. The van der Waals surface area contributed by atoms with Gasteiger partial charge >= 0.3 is 0 Å². The first-order valence-electron chi connectivity index (χ1n) is 6.48. The van der Waals surface area contributed by atoms with Crippen molar-refractivity contribution >= 4 is 17.3 Å². The SMILES string of the molecule is CCN(CC1CC1)c1ccc(CCN)c(Cl)c1. The molecule has 2 rings (SSSR count). The molecule has 1 fully saturated rings. The van der Waals surface area contributed by atoms with E-state index in [2.05, 4.69) is 30.0 Å². The summed E-state index contributed by atoms with van der Waals surface area (Å²) in [7, 11) is 0. The molecule has 1 aliphatic carbocycles. The minimum atomic E-state index is 0.651. The quantitative estimate of drug-likeness (QED) is 0.843. The molecule has 0 unspecified atom stereocenters. The van der Waals surface area contributed by atoms with E-state index in [1.54, 1.807) is 0 Å². The van der Waals surface area contributed by atoms with Gasteiger partial charge in [-0.15, -0.1) is 0 Å². The zero-order valence-corrected chi connectivity index (χ0v) is 11.2. The van der Waals surface area contributed by atoms with E-state index in [4.69, 9.17) is 17.3 Å². The Hall–Kier alpha value is -0.730. The van der Waals surface area contributed by atoms with Gasteiger partial charge in [0.05, 0.1) is 0 Å². The summed E-state index contributed by atoms with van der Waals surface area (Å²) in [6.07, 6.45) is 3.62. The van der Waals surface area contributed by atoms with E-state index < -0.39 is 0 Å². The summed E-state index contributed by atoms with van der Waals surface area (Å²) < 4.78 is 0. The van der Waals surface area contributed by atoms with Crippen LogP contribution in [0.4, 0.5) is 5.69 Å². The molecule has 0 amide bonds. The van der Waals surface area contributed by atoms with Gasteiger partial charge in [0.15, 0.2) is 0 Å². The van der Waals surface area contributed by atoms with Crippen molar-refractivity contribution in [1.29, 1.82) is 0 Å². The second kappa shape index (κ2) is 5.74. The summed E-state index contributed by atoms with van der Waals surface area (Å²) in [4.78, 5) is 2.41. The summed E-state index contributed by atoms with van der Waals surface area (Å²) in [5, 5.41) is 0.849. The molecule has 2 nitrogen and oxygen atoms in total. The average Bonchev–Trinajstić information content (AvgIpc) is 3.13. The van der Waals surface area contributed by atoms with Crippen LogP contribution < -0.4 is 10.6 Å². The molecule has 0 saturated heterocycles. The lowest BCUT2D eigenvalue weighted by atomic mass is 10.1. The first kappa shape index (κ1) is 12.7. The highest BCUT2D eigenvalue weighted by molar-refractivity contribution is 6.31. The van der Waals surface area contributed by atoms with Gasteiger partial charge in [-0.1, -0.05) is 17.7 Å². The highest BCUT2D eigenvalue weighted by Crippen LogP contribution is 2.32. The van der Waals surface area contributed by atoms with Crippen LogP contribution in [0.1, 0.15) is 25.3 Å². The topological polar surface area (TPSA) is 29.3 Å². The normalized spacial score (nSPS) is 15.0. The van der Waals surface area contributed by atoms with Crippen molar-refractivity contribution in [2.45, 2.75) is 26.2 Å². The Morgan fingerprint density at radius 3 is 2.71 bits per heavy atom. The van der Waals surface area contributed by atoms with E-state index in [1.807, 2.05) is 0 Å². The Kier molecular flexibility index (Phi) is 4.30. The lowest BCUT2D eigenvalue weighted by Gasteiger charge is -2.23. The van der Waals surface area contributed by atoms with Crippen LogP contribution in [0.2, 0.25) is 5.02 Å². The number of rotatable bonds is 6. The molecule has 0 aromatic heterocycles. The molecule has 3 heteroatoms. The van der Waals surface area contributed by atoms with E-state index >= 15 is 0 Å². The molecule has 0 heterocycles. The first-order valence-corrected chi connectivity index (χ1v) is 6.85. The number of anilines is 1. The van der Waals surface area contributed by atoms with Crippen LogP contribution in [-0.4, -0.2) is 19.6 Å². The van der Waals surface area contributed by atoms with Crippen molar-refractivity contribution in [2.75, 3.05) is 24.5 Å². The predicted molar refractivity (Wildman–Crippen MR) is 74.8 cm³/mol. The molecule has 1 saturated carbocycles. The second-order valence-electron chi connectivity index (χ2n) is 4.80. The van der Waals surface area contributed by atoms with Crippen LogP contribution in [0.25, 0.3) is 0 Å². The third kappa shape index (κ3) is 3.36. The van der Waals surface area contributed by atoms with Crippen LogP contribution in [0, 0.1) is 5.92 Å². The third-order valence-corrected chi connectivity index (χ3v) is 3.72. The maximum atomic E-state index is 6.28. The third-order valence-electron chi connectivity index (χ3n) is 3.37. The molecule has 1 aliphatic rings. The molecule has 1 aromatic carbocycles. The summed E-state index contributed by atoms with van der Waals surface area (Å²) in [6, 6.07) is 6.36. The van der Waals surface area contributed by atoms with E-state index in [9.17, 15) is 0 Å². The molecule has 0 radical (unpaired) electrons. The van der Waals surface area contributed by atoms with Crippen LogP contribution in [0.15, 0.2) is 18.2 Å². The lowest BCUT2D eigenvalue weighted by molar-refractivity contribution is 0.742. The van der Waals surface area contributed by atoms with Gasteiger partial charge in [0.2, 0.25) is 0 Å². The van der Waals surface area contributed by atoms with Gasteiger partial charge < -0.3 is 10.6 Å². The van der Waals surface area contributed by atoms with Crippen molar-refractivity contribution in [3.8, 4) is 0 Å². The molecule has 0 aliphatic heterocycles. The minimum Gasteiger partial charge on any atom is -0.371 e. The van der Waals surface area contributed by atoms with Crippen molar-refractivity contribution in [1.82, 2.24) is 0 Å². The number of nitrogens with two attached hydrogens (primary N) is 1. The van der Waals surface area contributed by atoms with Crippen molar-refractivity contribution in [2.24, 2.45) is 11.7 Å². The fourth-order valence-electron chi connectivity index (χ4n) is 2.12. The zero-order chi connectivity index (χ0) is 12.3. The van der Waals surface area contributed by atoms with Gasteiger partial charge in [-0.05, 0) is 56.3 Å². The lowest BCUT2D eigenvalue weighted by Crippen LogP contribution is -2.25. The Morgan fingerprint density at radius 1 is 1.41 bits per heavy atom. The maximum absolute atomic E-state index is 6.28. The molecule has 0 spiro atoms. The molecule has 17 heavy (non-hydrogen) atoms. The fourth-order valence-corrected chi connectivity index (χ4v) is 2.39. The summed E-state index contributed by atoms with van der Waals surface area (Å²) in [5.74, 6) is 0.900. The molecule has 2 N–H and O–H groups in total. The van der Waals surface area contributed by atoms with Gasteiger partial charge in [-0.2, -0.15) is 0 Å². The van der Waals surface area contributed by atoms with Gasteiger partial charge in [-0.25, -0.2) is 0 Å². The van der Waals surface area contributed by atoms with E-state index in [1.165, 1.54) is 25.1 Å². The van der Waals surface area contributed by atoms with Crippen LogP contribution in [0.3, 0.4) is 0 Å². The number of hydrogen-bond acceptors (Lipinski definition) is 2. The zero-order valence-electron chi connectivity index (χ0n) is 10.5. The highest BCUT2D eigenvalue weighted by Gasteiger charge is 2.24. The van der Waals surface area contributed by atoms with Crippen molar-refractivity contribution < 1.29 is 0 Å². The fraction of sp³-hybridized carbons (Fsp3) is 0.571. The maximum Gasteiger partial charge on any atom is 0.0459 e. The Morgan fingerprint density at radius 2 is 2.18 bits per heavy atom. The van der Waals surface area contributed by atoms with E-state index in [-0.39, 0.29) is 0 Å². The minimum absolute atomic E-state index is 0.651. The molecule has 1 aromatic rings. The van der Waals surface area contributed by atoms with E-state index in [0.717, 1.165) is 29.5 Å². The highest BCUT2D eigenvalue weighted by atomic mass is 35.5. The number of benzene rings is 1. The number of halogens is 1. The second-order valence-corrected chi connectivity index (χ2v) is 5.20. The first-order chi connectivity index (χ1) is 8.24. The summed E-state index contributed by atoms with van der Waals surface area (Å²) >= 11 is 6.28. The van der Waals surface area contributed by atoms with Gasteiger partial charge in [0.1, 0.15) is 0 Å². The Bertz CT molecular complexity index is 374. The van der Waals surface area contributed by atoms with Crippen LogP contribution in [0.5, 0.6) is 0 Å². The molecular formula is C14H21ClN2. The molecule has 0 bridgehead atoms. The van der Waals surface area contributed by atoms with Crippen LogP contribution >= 0.6 is 11.6 Å². The molecule has 0 atom stereocenters. The number of nitrogens with zero attached hydrogens (tertiary/aromatic N) is 1. The van der Waals surface area contributed by atoms with Crippen LogP contribution in [-0.2, 0) is 6.42 Å². The Labute approximate surface area is 109 Å². The van der Waals surface area contributed by atoms with E-state index in [0.29, 0.717) is 6.54 Å². The predicted octanol–water partition coefficient (Wildman–Crippen LogP) is 3.08. The van der Waals surface area contributed by atoms with Crippen molar-refractivity contribution in [3.63, 3.8) is 0 Å². The van der Waals surface area contributed by atoms with Gasteiger partial charge in [0, 0.05) is 23.8 Å². The van der Waals surface area contributed by atoms with Gasteiger partial charge in [0.25, 0.3) is 0 Å². The number of hydrogen-bond donors (Lipinski definition) is 1. The largest absolute Gasteiger partial charge is 0.371 e. The summed E-state index contributed by atoms with van der Waals surface area (Å²) in [5.41, 5.74) is 7.95.